The molecule has 25 heavy (non-hydrogen) atoms. The normalized spacial score (nSPS) is 23.8. The predicted octanol–water partition coefficient (Wildman–Crippen LogP) is 0.852. The lowest BCUT2D eigenvalue weighted by Crippen LogP contribution is -2.52. The first-order chi connectivity index (χ1) is 12.2. The summed E-state index contributed by atoms with van der Waals surface area (Å²) in [5.41, 5.74) is 1.01. The van der Waals surface area contributed by atoms with E-state index in [4.69, 9.17) is 0 Å². The highest BCUT2D eigenvalue weighted by Gasteiger charge is 2.28. The fourth-order valence-corrected chi connectivity index (χ4v) is 3.70. The molecule has 2 saturated heterocycles. The molecule has 3 rings (SSSR count). The molecule has 2 aliphatic heterocycles. The first-order valence-electron chi connectivity index (χ1n) is 9.04. The first kappa shape index (κ1) is 17.9. The number of carbonyl (C=O) groups is 1. The largest absolute Gasteiger partial charge is 0.392 e. The molecule has 0 aromatic heterocycles. The molecule has 2 atom stereocenters. The average Bonchev–Trinajstić information content (AvgIpc) is 2.64. The van der Waals surface area contributed by atoms with Gasteiger partial charge in [-0.25, -0.2) is 0 Å². The Kier molecular flexibility index (Phi) is 6.03. The summed E-state index contributed by atoms with van der Waals surface area (Å²) in [6, 6.07) is 11.9. The highest BCUT2D eigenvalue weighted by atomic mass is 16.3. The van der Waals surface area contributed by atoms with Crippen LogP contribution in [0.25, 0.3) is 0 Å². The number of likely N-dealkylation sites (tertiary alicyclic amines) is 1. The third-order valence-electron chi connectivity index (χ3n) is 5.11. The molecule has 6 nitrogen and oxygen atoms in total. The van der Waals surface area contributed by atoms with Crippen molar-refractivity contribution in [2.75, 3.05) is 45.8 Å². The molecule has 1 N–H and O–H groups in total. The molecule has 0 spiro atoms. The second-order valence-corrected chi connectivity index (χ2v) is 6.89. The summed E-state index contributed by atoms with van der Waals surface area (Å²) in [5, 5.41) is 19.3. The molecule has 0 aliphatic carbocycles. The summed E-state index contributed by atoms with van der Waals surface area (Å²) < 4.78 is 0. The smallest absolute Gasteiger partial charge is 0.236 e. The molecule has 6 heteroatoms. The minimum atomic E-state index is -0.305. The van der Waals surface area contributed by atoms with Crippen LogP contribution in [-0.2, 0) is 4.79 Å². The van der Waals surface area contributed by atoms with Gasteiger partial charge < -0.3 is 10.0 Å². The minimum absolute atomic E-state index is 0.127. The van der Waals surface area contributed by atoms with Crippen molar-refractivity contribution in [3.8, 4) is 6.07 Å². The number of piperidine rings is 1. The third kappa shape index (κ3) is 4.57. The van der Waals surface area contributed by atoms with Gasteiger partial charge in [-0.15, -0.1) is 0 Å². The second kappa shape index (κ2) is 8.43. The Hall–Kier alpha value is -1.94. The van der Waals surface area contributed by atoms with Gasteiger partial charge in [0.25, 0.3) is 0 Å². The van der Waals surface area contributed by atoms with Crippen molar-refractivity contribution in [3.05, 3.63) is 35.9 Å². The zero-order chi connectivity index (χ0) is 17.6. The van der Waals surface area contributed by atoms with Crippen LogP contribution in [0.5, 0.6) is 0 Å². The zero-order valence-electron chi connectivity index (χ0n) is 14.5. The summed E-state index contributed by atoms with van der Waals surface area (Å²) in [6.45, 7) is 4.59. The summed E-state index contributed by atoms with van der Waals surface area (Å²) in [6.07, 6.45) is 1.47. The van der Waals surface area contributed by atoms with E-state index in [-0.39, 0.29) is 18.1 Å². The van der Waals surface area contributed by atoms with Crippen LogP contribution < -0.4 is 0 Å². The van der Waals surface area contributed by atoms with Gasteiger partial charge in [-0.2, -0.15) is 5.26 Å². The van der Waals surface area contributed by atoms with Crippen LogP contribution in [-0.4, -0.2) is 77.6 Å². The number of nitriles is 1. The van der Waals surface area contributed by atoms with Gasteiger partial charge in [0.2, 0.25) is 5.91 Å². The highest BCUT2D eigenvalue weighted by molar-refractivity contribution is 5.78. The Morgan fingerprint density at radius 3 is 2.56 bits per heavy atom. The van der Waals surface area contributed by atoms with Crippen molar-refractivity contribution in [1.29, 1.82) is 5.26 Å². The molecule has 2 fully saturated rings. The number of amides is 1. The molecule has 0 saturated carbocycles. The quantitative estimate of drug-likeness (QED) is 0.878. The topological polar surface area (TPSA) is 70.8 Å². The van der Waals surface area contributed by atoms with E-state index in [0.29, 0.717) is 39.3 Å². The van der Waals surface area contributed by atoms with Crippen LogP contribution in [0.4, 0.5) is 0 Å². The molecule has 2 heterocycles. The molecule has 1 amide bonds. The van der Waals surface area contributed by atoms with E-state index >= 15 is 0 Å². The lowest BCUT2D eigenvalue weighted by Gasteiger charge is -2.38. The van der Waals surface area contributed by atoms with Gasteiger partial charge >= 0.3 is 0 Å². The Labute approximate surface area is 149 Å². The number of aliphatic hydroxyl groups excluding tert-OH is 1. The number of piperazine rings is 1. The van der Waals surface area contributed by atoms with Gasteiger partial charge in [-0.1, -0.05) is 30.3 Å². The molecule has 2 aliphatic rings. The molecule has 1 aromatic carbocycles. The molecule has 0 radical (unpaired) electrons. The summed E-state index contributed by atoms with van der Waals surface area (Å²) in [5.74, 6) is 0.127. The molecular weight excluding hydrogens is 316 g/mol. The number of aliphatic hydroxyl groups is 1. The van der Waals surface area contributed by atoms with E-state index in [2.05, 4.69) is 11.0 Å². The van der Waals surface area contributed by atoms with E-state index in [9.17, 15) is 15.2 Å². The Morgan fingerprint density at radius 2 is 1.92 bits per heavy atom. The summed E-state index contributed by atoms with van der Waals surface area (Å²) in [7, 11) is 0. The third-order valence-corrected chi connectivity index (χ3v) is 5.11. The molecule has 0 bridgehead atoms. The number of hydrogen-bond donors (Lipinski definition) is 1. The minimum Gasteiger partial charge on any atom is -0.392 e. The maximum atomic E-state index is 12.5. The van der Waals surface area contributed by atoms with Crippen LogP contribution in [0.1, 0.15) is 24.4 Å². The van der Waals surface area contributed by atoms with Crippen LogP contribution >= 0.6 is 0 Å². The van der Waals surface area contributed by atoms with Crippen molar-refractivity contribution < 1.29 is 9.90 Å². The molecular formula is C19H26N4O2. The molecule has 0 unspecified atom stereocenters. The van der Waals surface area contributed by atoms with E-state index in [1.54, 1.807) is 0 Å². The maximum Gasteiger partial charge on any atom is 0.236 e. The first-order valence-corrected chi connectivity index (χ1v) is 9.04. The second-order valence-electron chi connectivity index (χ2n) is 6.89. The fourth-order valence-electron chi connectivity index (χ4n) is 3.70. The Balaban J connectivity index is 1.51. The van der Waals surface area contributed by atoms with Gasteiger partial charge in [0.1, 0.15) is 6.04 Å². The van der Waals surface area contributed by atoms with Gasteiger partial charge in [0, 0.05) is 32.7 Å². The number of β-amino-alcohol motifs (C(OH)–C–C–N with tert-alkyl or cyclic N) is 1. The standard InChI is InChI=1S/C19H26N4O2/c20-13-18(16-5-2-1-3-6-16)22-9-11-23(12-10-22)19(25)15-21-8-4-7-17(24)14-21/h1-3,5-6,17-18,24H,4,7-12,14-15H2/t17-,18-/m1/s1. The van der Waals surface area contributed by atoms with E-state index < -0.39 is 0 Å². The Morgan fingerprint density at radius 1 is 1.20 bits per heavy atom. The van der Waals surface area contributed by atoms with Crippen molar-refractivity contribution in [3.63, 3.8) is 0 Å². The van der Waals surface area contributed by atoms with E-state index in [1.165, 1.54) is 0 Å². The van der Waals surface area contributed by atoms with Crippen molar-refractivity contribution in [2.45, 2.75) is 25.0 Å². The maximum absolute atomic E-state index is 12.5. The zero-order valence-corrected chi connectivity index (χ0v) is 14.5. The molecule has 1 aromatic rings. The summed E-state index contributed by atoms with van der Waals surface area (Å²) >= 11 is 0. The molecule has 134 valence electrons. The van der Waals surface area contributed by atoms with Crippen LogP contribution in [0, 0.1) is 11.3 Å². The van der Waals surface area contributed by atoms with Gasteiger partial charge in [-0.3, -0.25) is 14.6 Å². The van der Waals surface area contributed by atoms with E-state index in [0.717, 1.165) is 24.9 Å². The summed E-state index contributed by atoms with van der Waals surface area (Å²) in [4.78, 5) is 18.6. The number of benzene rings is 1. The number of hydrogen-bond acceptors (Lipinski definition) is 5. The van der Waals surface area contributed by atoms with Crippen molar-refractivity contribution in [2.24, 2.45) is 0 Å². The number of carbonyl (C=O) groups excluding carboxylic acids is 1. The monoisotopic (exact) mass is 342 g/mol. The number of rotatable bonds is 4. The lowest BCUT2D eigenvalue weighted by molar-refractivity contribution is -0.135. The van der Waals surface area contributed by atoms with Gasteiger partial charge in [-0.05, 0) is 24.9 Å². The van der Waals surface area contributed by atoms with Crippen molar-refractivity contribution in [1.82, 2.24) is 14.7 Å². The average molecular weight is 342 g/mol. The lowest BCUT2D eigenvalue weighted by atomic mass is 10.1. The van der Waals surface area contributed by atoms with Crippen molar-refractivity contribution >= 4 is 5.91 Å². The SMILES string of the molecule is N#C[C@H](c1ccccc1)N1CCN(C(=O)CN2CCC[C@@H](O)C2)CC1. The number of nitrogens with zero attached hydrogens (tertiary/aromatic N) is 4. The Bertz CT molecular complexity index is 608. The van der Waals surface area contributed by atoms with Crippen LogP contribution in [0.2, 0.25) is 0 Å². The van der Waals surface area contributed by atoms with Crippen LogP contribution in [0.3, 0.4) is 0 Å². The highest BCUT2D eigenvalue weighted by Crippen LogP contribution is 2.21. The van der Waals surface area contributed by atoms with Gasteiger partial charge in [0.05, 0.1) is 18.7 Å². The predicted molar refractivity (Wildman–Crippen MR) is 94.6 cm³/mol. The fraction of sp³-hybridized carbons (Fsp3) is 0.579. The van der Waals surface area contributed by atoms with E-state index in [1.807, 2.05) is 40.1 Å². The van der Waals surface area contributed by atoms with Crippen LogP contribution in [0.15, 0.2) is 30.3 Å². The van der Waals surface area contributed by atoms with Gasteiger partial charge in [0.15, 0.2) is 0 Å².